The molecule has 2 aromatic carbocycles. The summed E-state index contributed by atoms with van der Waals surface area (Å²) >= 11 is 6.56. The summed E-state index contributed by atoms with van der Waals surface area (Å²) in [6, 6.07) is 11.0. The molecule has 8 heteroatoms. The van der Waals surface area contributed by atoms with Gasteiger partial charge in [-0.3, -0.25) is 4.79 Å². The molecule has 2 aliphatic rings. The average Bonchev–Trinajstić information content (AvgIpc) is 3.23. The second-order valence-electron chi connectivity index (χ2n) is 8.71. The Bertz CT molecular complexity index is 1210. The molecule has 0 saturated heterocycles. The third-order valence-corrected chi connectivity index (χ3v) is 6.92. The minimum absolute atomic E-state index is 0.229. The fourth-order valence-electron chi connectivity index (χ4n) is 4.99. The zero-order valence-corrected chi connectivity index (χ0v) is 19.2. The van der Waals surface area contributed by atoms with E-state index in [0.29, 0.717) is 29.3 Å². The minimum atomic E-state index is -0.529. The molecule has 2 heterocycles. The van der Waals surface area contributed by atoms with Gasteiger partial charge in [-0.15, -0.1) is 0 Å². The van der Waals surface area contributed by atoms with Crippen LogP contribution in [0.2, 0.25) is 5.02 Å². The molecule has 33 heavy (non-hydrogen) atoms. The minimum Gasteiger partial charge on any atom is -0.497 e. The van der Waals surface area contributed by atoms with Gasteiger partial charge in [-0.05, 0) is 49.1 Å². The Morgan fingerprint density at radius 2 is 1.94 bits per heavy atom. The zero-order chi connectivity index (χ0) is 23.0. The predicted octanol–water partition coefficient (Wildman–Crippen LogP) is 5.36. The number of rotatable bonds is 5. The maximum atomic E-state index is 12.8. The number of benzene rings is 2. The van der Waals surface area contributed by atoms with Crippen molar-refractivity contribution in [1.29, 1.82) is 0 Å². The molecule has 3 aromatic rings. The summed E-state index contributed by atoms with van der Waals surface area (Å²) in [5, 5.41) is 10.1. The average molecular weight is 468 g/mol. The molecular formula is C25H26ClN3O4. The number of halogens is 1. The molecule has 172 valence electrons. The first-order chi connectivity index (χ1) is 16.0. The predicted molar refractivity (Wildman–Crippen MR) is 127 cm³/mol. The topological polar surface area (TPSA) is 92.6 Å². The van der Waals surface area contributed by atoms with Gasteiger partial charge in [-0.1, -0.05) is 43.0 Å². The van der Waals surface area contributed by atoms with Gasteiger partial charge < -0.3 is 25.1 Å². The third kappa shape index (κ3) is 4.02. The van der Waals surface area contributed by atoms with Crippen LogP contribution < -0.4 is 20.7 Å². The van der Waals surface area contributed by atoms with Crippen molar-refractivity contribution in [2.45, 2.75) is 44.1 Å². The van der Waals surface area contributed by atoms with E-state index in [1.54, 1.807) is 19.2 Å². The van der Waals surface area contributed by atoms with Crippen molar-refractivity contribution in [2.24, 2.45) is 0 Å². The zero-order valence-electron chi connectivity index (χ0n) is 18.4. The summed E-state index contributed by atoms with van der Waals surface area (Å²) in [7, 11) is 1.63. The number of amides is 3. The molecule has 3 N–H and O–H groups in total. The number of fused-ring (bicyclic) bond motifs is 4. The highest BCUT2D eigenvalue weighted by Gasteiger charge is 2.43. The van der Waals surface area contributed by atoms with Gasteiger partial charge in [0, 0.05) is 17.5 Å². The van der Waals surface area contributed by atoms with Crippen LogP contribution in [-0.2, 0) is 12.0 Å². The summed E-state index contributed by atoms with van der Waals surface area (Å²) in [6.45, 7) is 0.475. The number of urea groups is 1. The van der Waals surface area contributed by atoms with Gasteiger partial charge in [0.2, 0.25) is 0 Å². The molecule has 1 aliphatic carbocycles. The smallest absolute Gasteiger partial charge is 0.319 e. The highest BCUT2D eigenvalue weighted by Crippen LogP contribution is 2.48. The van der Waals surface area contributed by atoms with Crippen LogP contribution in [0.5, 0.6) is 5.75 Å². The molecule has 1 saturated carbocycles. The van der Waals surface area contributed by atoms with Crippen LogP contribution in [-0.4, -0.2) is 25.6 Å². The second kappa shape index (κ2) is 8.63. The first kappa shape index (κ1) is 21.6. The lowest BCUT2D eigenvalue weighted by atomic mass is 9.74. The molecule has 3 amide bonds. The van der Waals surface area contributed by atoms with E-state index in [1.807, 2.05) is 24.3 Å². The van der Waals surface area contributed by atoms with Crippen LogP contribution in [0.1, 0.15) is 53.8 Å². The summed E-state index contributed by atoms with van der Waals surface area (Å²) in [4.78, 5) is 25.2. The fourth-order valence-corrected chi connectivity index (χ4v) is 5.25. The van der Waals surface area contributed by atoms with Gasteiger partial charge in [-0.2, -0.15) is 0 Å². The molecule has 1 fully saturated rings. The van der Waals surface area contributed by atoms with Crippen LogP contribution in [0, 0.1) is 0 Å². The Hall–Kier alpha value is -3.19. The van der Waals surface area contributed by atoms with Gasteiger partial charge in [0.1, 0.15) is 11.3 Å². The van der Waals surface area contributed by atoms with Gasteiger partial charge in [-0.25, -0.2) is 4.79 Å². The number of hydrogen-bond acceptors (Lipinski definition) is 4. The van der Waals surface area contributed by atoms with E-state index < -0.39 is 5.54 Å². The van der Waals surface area contributed by atoms with Crippen molar-refractivity contribution in [3.05, 3.63) is 58.3 Å². The second-order valence-corrected chi connectivity index (χ2v) is 9.12. The van der Waals surface area contributed by atoms with E-state index in [9.17, 15) is 9.59 Å². The van der Waals surface area contributed by atoms with E-state index >= 15 is 0 Å². The lowest BCUT2D eigenvalue weighted by Crippen LogP contribution is -2.52. The summed E-state index contributed by atoms with van der Waals surface area (Å²) < 4.78 is 11.3. The molecule has 1 aliphatic heterocycles. The van der Waals surface area contributed by atoms with Gasteiger partial charge in [0.25, 0.3) is 5.91 Å². The van der Waals surface area contributed by atoms with Crippen molar-refractivity contribution >= 4 is 40.2 Å². The summed E-state index contributed by atoms with van der Waals surface area (Å²) in [5.41, 5.74) is 2.60. The molecule has 1 aromatic heterocycles. The van der Waals surface area contributed by atoms with Crippen LogP contribution in [0.4, 0.5) is 10.5 Å². The molecule has 0 atom stereocenters. The Labute approximate surface area is 196 Å². The number of ether oxygens (including phenoxy) is 1. The highest BCUT2D eigenvalue weighted by molar-refractivity contribution is 6.35. The lowest BCUT2D eigenvalue weighted by molar-refractivity contribution is 0.0928. The molecular weight excluding hydrogens is 442 g/mol. The van der Waals surface area contributed by atoms with Crippen molar-refractivity contribution in [3.8, 4) is 5.75 Å². The van der Waals surface area contributed by atoms with E-state index in [1.165, 1.54) is 0 Å². The Morgan fingerprint density at radius 3 is 2.67 bits per heavy atom. The van der Waals surface area contributed by atoms with Crippen LogP contribution in [0.25, 0.3) is 11.0 Å². The van der Waals surface area contributed by atoms with Crippen LogP contribution >= 0.6 is 11.6 Å². The van der Waals surface area contributed by atoms with E-state index in [2.05, 4.69) is 16.0 Å². The summed E-state index contributed by atoms with van der Waals surface area (Å²) in [6.07, 6.45) is 5.46. The van der Waals surface area contributed by atoms with Crippen molar-refractivity contribution < 1.29 is 18.7 Å². The van der Waals surface area contributed by atoms with Crippen molar-refractivity contribution in [1.82, 2.24) is 10.6 Å². The monoisotopic (exact) mass is 467 g/mol. The van der Waals surface area contributed by atoms with E-state index in [4.69, 9.17) is 20.8 Å². The first-order valence-corrected chi connectivity index (χ1v) is 11.6. The van der Waals surface area contributed by atoms with Gasteiger partial charge in [0.15, 0.2) is 5.76 Å². The molecule has 0 radical (unpaired) electrons. The molecule has 7 nitrogen and oxygen atoms in total. The van der Waals surface area contributed by atoms with Crippen molar-refractivity contribution in [2.75, 3.05) is 19.0 Å². The fraction of sp³-hybridized carbons (Fsp3) is 0.360. The normalized spacial score (nSPS) is 16.7. The molecule has 0 unspecified atom stereocenters. The third-order valence-electron chi connectivity index (χ3n) is 6.62. The lowest BCUT2D eigenvalue weighted by Gasteiger charge is -2.42. The number of carbonyl (C=O) groups excluding carboxylic acids is 2. The Morgan fingerprint density at radius 1 is 1.18 bits per heavy atom. The maximum Gasteiger partial charge on any atom is 0.319 e. The maximum absolute atomic E-state index is 12.8. The number of furan rings is 1. The largest absolute Gasteiger partial charge is 0.497 e. The van der Waals surface area contributed by atoms with Crippen molar-refractivity contribution in [3.63, 3.8) is 0 Å². The molecule has 5 rings (SSSR count). The first-order valence-electron chi connectivity index (χ1n) is 11.3. The Balaban J connectivity index is 1.40. The van der Waals surface area contributed by atoms with Crippen LogP contribution in [0.3, 0.4) is 0 Å². The van der Waals surface area contributed by atoms with Gasteiger partial charge in [0.05, 0.1) is 23.4 Å². The quantitative estimate of drug-likeness (QED) is 0.470. The standard InChI is InChI=1S/C25H26ClN3O4/c1-32-17-7-5-15(6-8-17)9-12-27-23(30)19-14-16-13-18(26)21-20(22(16)33-19)25(29-24(31)28-21)10-3-2-4-11-25/h5-8,13-14H,2-4,9-12H2,1H3,(H,27,30)(H2,28,29,31). The summed E-state index contributed by atoms with van der Waals surface area (Å²) in [5.74, 6) is 0.746. The van der Waals surface area contributed by atoms with Gasteiger partial charge >= 0.3 is 6.03 Å². The van der Waals surface area contributed by atoms with E-state index in [0.717, 1.165) is 54.4 Å². The van der Waals surface area contributed by atoms with Crippen LogP contribution in [0.15, 0.2) is 40.8 Å². The number of anilines is 1. The Kier molecular flexibility index (Phi) is 5.66. The highest BCUT2D eigenvalue weighted by atomic mass is 35.5. The number of carbonyl (C=O) groups is 2. The number of hydrogen-bond donors (Lipinski definition) is 3. The SMILES string of the molecule is COc1ccc(CCNC(=O)c2cc3cc(Cl)c4c(c3o2)C2(CCCCC2)NC(=O)N4)cc1. The number of methoxy groups -OCH3 is 1. The van der Waals surface area contributed by atoms with E-state index in [-0.39, 0.29) is 17.7 Å². The molecule has 1 spiro atoms. The number of nitrogens with one attached hydrogen (secondary N) is 3. The molecule has 0 bridgehead atoms.